The summed E-state index contributed by atoms with van der Waals surface area (Å²) in [4.78, 5) is 12.8. The normalized spacial score (nSPS) is 17.5. The Hall–Kier alpha value is -2.84. The molecule has 1 aliphatic heterocycles. The van der Waals surface area contributed by atoms with Gasteiger partial charge in [-0.3, -0.25) is 4.79 Å². The van der Waals surface area contributed by atoms with E-state index in [9.17, 15) is 22.0 Å². The van der Waals surface area contributed by atoms with Crippen molar-refractivity contribution in [2.45, 2.75) is 23.8 Å². The predicted octanol–water partition coefficient (Wildman–Crippen LogP) is 3.91. The Balaban J connectivity index is 1.61. The Bertz CT molecular complexity index is 1200. The van der Waals surface area contributed by atoms with Crippen molar-refractivity contribution in [2.24, 2.45) is 0 Å². The molecule has 3 aromatic carbocycles. The molecule has 1 fully saturated rings. The Labute approximate surface area is 167 Å². The van der Waals surface area contributed by atoms with Gasteiger partial charge in [0.15, 0.2) is 0 Å². The topological polar surface area (TPSA) is 66.5 Å². The molecule has 0 saturated carbocycles. The first-order valence-corrected chi connectivity index (χ1v) is 10.6. The van der Waals surface area contributed by atoms with Gasteiger partial charge < -0.3 is 5.32 Å². The summed E-state index contributed by atoms with van der Waals surface area (Å²) < 4.78 is 54.4. The van der Waals surface area contributed by atoms with Gasteiger partial charge in [0, 0.05) is 12.6 Å². The van der Waals surface area contributed by atoms with Crippen molar-refractivity contribution in [3.05, 3.63) is 72.3 Å². The molecule has 1 aliphatic rings. The number of rotatable bonds is 4. The van der Waals surface area contributed by atoms with Crippen molar-refractivity contribution in [3.63, 3.8) is 0 Å². The second-order valence-electron chi connectivity index (χ2n) is 6.90. The van der Waals surface area contributed by atoms with E-state index in [4.69, 9.17) is 0 Å². The largest absolute Gasteiger partial charge is 0.322 e. The molecule has 4 rings (SSSR count). The molecule has 1 amide bonds. The Morgan fingerprint density at radius 3 is 2.52 bits per heavy atom. The molecular formula is C21H18F2N2O3S. The van der Waals surface area contributed by atoms with E-state index in [1.807, 2.05) is 24.3 Å². The fraction of sp³-hybridized carbons (Fsp3) is 0.190. The Kier molecular flexibility index (Phi) is 5.06. The maximum atomic E-state index is 13.9. The number of anilines is 1. The van der Waals surface area contributed by atoms with Gasteiger partial charge >= 0.3 is 0 Å². The molecule has 5 nitrogen and oxygen atoms in total. The Morgan fingerprint density at radius 1 is 1.00 bits per heavy atom. The van der Waals surface area contributed by atoms with Crippen molar-refractivity contribution in [1.29, 1.82) is 0 Å². The maximum Gasteiger partial charge on any atom is 0.243 e. The molecule has 1 saturated heterocycles. The van der Waals surface area contributed by atoms with Gasteiger partial charge in [0.05, 0.1) is 10.6 Å². The van der Waals surface area contributed by atoms with Crippen molar-refractivity contribution >= 4 is 32.4 Å². The van der Waals surface area contributed by atoms with Crippen molar-refractivity contribution in [3.8, 4) is 0 Å². The molecular weight excluding hydrogens is 398 g/mol. The van der Waals surface area contributed by atoms with E-state index in [1.165, 1.54) is 6.07 Å². The van der Waals surface area contributed by atoms with E-state index in [-0.39, 0.29) is 17.1 Å². The molecule has 3 aromatic rings. The van der Waals surface area contributed by atoms with Crippen molar-refractivity contribution in [2.75, 3.05) is 11.9 Å². The van der Waals surface area contributed by atoms with E-state index in [2.05, 4.69) is 5.32 Å². The lowest BCUT2D eigenvalue weighted by Crippen LogP contribution is -2.43. The predicted molar refractivity (Wildman–Crippen MR) is 106 cm³/mol. The third-order valence-electron chi connectivity index (χ3n) is 5.02. The minimum Gasteiger partial charge on any atom is -0.322 e. The summed E-state index contributed by atoms with van der Waals surface area (Å²) in [7, 11) is -3.91. The summed E-state index contributed by atoms with van der Waals surface area (Å²) in [5, 5.41) is 4.07. The van der Waals surface area contributed by atoms with Gasteiger partial charge in [-0.2, -0.15) is 4.31 Å². The van der Waals surface area contributed by atoms with E-state index in [1.54, 1.807) is 12.1 Å². The van der Waals surface area contributed by atoms with Gasteiger partial charge in [0.25, 0.3) is 0 Å². The molecule has 8 heteroatoms. The van der Waals surface area contributed by atoms with Gasteiger partial charge in [-0.1, -0.05) is 30.3 Å². The van der Waals surface area contributed by atoms with Crippen LogP contribution in [0.15, 0.2) is 65.6 Å². The van der Waals surface area contributed by atoms with Crippen LogP contribution < -0.4 is 5.32 Å². The number of carbonyl (C=O) groups is 1. The summed E-state index contributed by atoms with van der Waals surface area (Å²) >= 11 is 0. The monoisotopic (exact) mass is 416 g/mol. The summed E-state index contributed by atoms with van der Waals surface area (Å²) in [5.41, 5.74) is -0.189. The average molecular weight is 416 g/mol. The van der Waals surface area contributed by atoms with Crippen molar-refractivity contribution < 1.29 is 22.0 Å². The average Bonchev–Trinajstić information content (AvgIpc) is 3.20. The summed E-state index contributed by atoms with van der Waals surface area (Å²) in [5.74, 6) is -2.32. The molecule has 150 valence electrons. The molecule has 0 aliphatic carbocycles. The lowest BCUT2D eigenvalue weighted by Gasteiger charge is -2.23. The van der Waals surface area contributed by atoms with Crippen LogP contribution in [0, 0.1) is 11.6 Å². The molecule has 0 spiro atoms. The van der Waals surface area contributed by atoms with Crippen LogP contribution in [0.3, 0.4) is 0 Å². The minimum atomic E-state index is -3.91. The highest BCUT2D eigenvalue weighted by Gasteiger charge is 2.39. The van der Waals surface area contributed by atoms with E-state index < -0.39 is 33.6 Å². The zero-order valence-electron chi connectivity index (χ0n) is 15.3. The number of benzene rings is 3. The first kappa shape index (κ1) is 19.5. The molecule has 1 N–H and O–H groups in total. The second kappa shape index (κ2) is 7.53. The molecule has 0 radical (unpaired) electrons. The number of hydrogen-bond donors (Lipinski definition) is 1. The summed E-state index contributed by atoms with van der Waals surface area (Å²) in [6, 6.07) is 14.0. The lowest BCUT2D eigenvalue weighted by atomic mass is 10.1. The van der Waals surface area contributed by atoms with Crippen LogP contribution in [0.4, 0.5) is 14.5 Å². The smallest absolute Gasteiger partial charge is 0.243 e. The quantitative estimate of drug-likeness (QED) is 0.701. The molecule has 0 unspecified atom stereocenters. The minimum absolute atomic E-state index is 0.101. The molecule has 0 bridgehead atoms. The van der Waals surface area contributed by atoms with Gasteiger partial charge in [-0.15, -0.1) is 0 Å². The number of nitrogens with one attached hydrogen (secondary N) is 1. The first-order chi connectivity index (χ1) is 13.9. The number of halogens is 2. The van der Waals surface area contributed by atoms with Crippen LogP contribution in [0.2, 0.25) is 0 Å². The first-order valence-electron chi connectivity index (χ1n) is 9.13. The highest BCUT2D eigenvalue weighted by Crippen LogP contribution is 2.29. The standard InChI is InChI=1S/C21H18F2N2O3S/c22-16-8-10-19(18(23)13-16)24-21(26)20-6-3-11-25(20)29(27,28)17-9-7-14-4-1-2-5-15(14)12-17/h1-2,4-5,7-10,12-13,20H,3,6,11H2,(H,24,26)/t20-/m1/s1. The summed E-state index contributed by atoms with van der Waals surface area (Å²) in [6.07, 6.45) is 0.832. The van der Waals surface area contributed by atoms with Crippen molar-refractivity contribution in [1.82, 2.24) is 4.31 Å². The van der Waals surface area contributed by atoms with E-state index >= 15 is 0 Å². The highest BCUT2D eigenvalue weighted by atomic mass is 32.2. The van der Waals surface area contributed by atoms with Crippen LogP contribution >= 0.6 is 0 Å². The van der Waals surface area contributed by atoms with Crippen LogP contribution in [0.25, 0.3) is 10.8 Å². The fourth-order valence-electron chi connectivity index (χ4n) is 3.56. The number of fused-ring (bicyclic) bond motifs is 1. The lowest BCUT2D eigenvalue weighted by molar-refractivity contribution is -0.119. The zero-order valence-corrected chi connectivity index (χ0v) is 16.1. The Morgan fingerprint density at radius 2 is 1.76 bits per heavy atom. The van der Waals surface area contributed by atoms with Gasteiger partial charge in [-0.05, 0) is 47.9 Å². The third-order valence-corrected chi connectivity index (χ3v) is 6.93. The van der Waals surface area contributed by atoms with Crippen LogP contribution in [-0.4, -0.2) is 31.2 Å². The SMILES string of the molecule is O=C(Nc1ccc(F)cc1F)[C@H]1CCCN1S(=O)(=O)c1ccc2ccccc2c1. The molecule has 0 aromatic heterocycles. The number of amides is 1. The number of nitrogens with zero attached hydrogens (tertiary/aromatic N) is 1. The van der Waals surface area contributed by atoms with Crippen LogP contribution in [-0.2, 0) is 14.8 Å². The molecule has 1 atom stereocenters. The second-order valence-corrected chi connectivity index (χ2v) is 8.79. The zero-order chi connectivity index (χ0) is 20.6. The van der Waals surface area contributed by atoms with Gasteiger partial charge in [0.1, 0.15) is 17.7 Å². The highest BCUT2D eigenvalue weighted by molar-refractivity contribution is 7.89. The molecule has 29 heavy (non-hydrogen) atoms. The number of carbonyl (C=O) groups excluding carboxylic acids is 1. The maximum absolute atomic E-state index is 13.9. The fourth-order valence-corrected chi connectivity index (χ4v) is 5.25. The van der Waals surface area contributed by atoms with E-state index in [0.29, 0.717) is 18.9 Å². The summed E-state index contributed by atoms with van der Waals surface area (Å²) in [6.45, 7) is 0.194. The van der Waals surface area contributed by atoms with Gasteiger partial charge in [0.2, 0.25) is 15.9 Å². The number of hydrogen-bond acceptors (Lipinski definition) is 3. The van der Waals surface area contributed by atoms with Gasteiger partial charge in [-0.25, -0.2) is 17.2 Å². The molecule has 1 heterocycles. The number of sulfonamides is 1. The van der Waals surface area contributed by atoms with E-state index in [0.717, 1.165) is 27.2 Å². The van der Waals surface area contributed by atoms with Crippen LogP contribution in [0.1, 0.15) is 12.8 Å². The van der Waals surface area contributed by atoms with Crippen LogP contribution in [0.5, 0.6) is 0 Å². The third kappa shape index (κ3) is 3.73.